The lowest BCUT2D eigenvalue weighted by Gasteiger charge is -2.53. The first-order valence-electron chi connectivity index (χ1n) is 33.7. The Morgan fingerprint density at radius 1 is 0.706 bits per heavy atom. The average Bonchev–Trinajstić information content (AvgIpc) is 1.64. The van der Waals surface area contributed by atoms with E-state index in [1.54, 1.807) is 54.7 Å². The molecule has 3 aliphatic carbocycles. The Morgan fingerprint density at radius 3 is 2.26 bits per heavy atom. The fourth-order valence-electron chi connectivity index (χ4n) is 13.0. The Hall–Kier alpha value is -5.29. The standard InChI is InChI=1S/C63H75N3O2/c1-37-25-56(64-34-40(37)4)46-26-52(44-16-14-13-15-17-44)43(7)58(27-46)67-48-28-53-50-20-18-42(6)66-60(50)68-59(53)54(29-48)57-30-51(41(5)35-65-57)49-22-23-63(12,31-39(49)3)55-21-19-45(24-38(55)2)47-32-61(8,9)36-62(10,11)33-47/h13-18,20,25-30,34-35,38-39,45,47,49,55H,19,21-24,31-33,36H2,1-12H3/i1D3,2D3,3D3,4D3,6D3,7D3,47D. The Morgan fingerprint density at radius 2 is 1.50 bits per heavy atom. The van der Waals surface area contributed by atoms with Gasteiger partial charge in [0.05, 0.1) is 11.4 Å². The molecule has 5 heteroatoms. The van der Waals surface area contributed by atoms with Crippen LogP contribution in [0.25, 0.3) is 55.7 Å². The number of aromatic nitrogens is 3. The zero-order valence-corrected chi connectivity index (χ0v) is 40.1. The van der Waals surface area contributed by atoms with E-state index in [1.165, 1.54) is 18.2 Å². The fraction of sp³-hybridized carbons (Fsp3) is 0.476. The minimum Gasteiger partial charge on any atom is -0.457 e. The predicted octanol–water partition coefficient (Wildman–Crippen LogP) is 17.9. The van der Waals surface area contributed by atoms with E-state index in [-0.39, 0.29) is 80.0 Å². The third-order valence-corrected chi connectivity index (χ3v) is 15.7. The number of hydrogen-bond donors (Lipinski definition) is 0. The number of rotatable bonds is 8. The van der Waals surface area contributed by atoms with Gasteiger partial charge >= 0.3 is 0 Å². The Kier molecular flexibility index (Phi) is 7.51. The number of aryl methyl sites for hydroxylation is 4. The molecule has 7 aromatic rings. The van der Waals surface area contributed by atoms with Crippen LogP contribution in [0.3, 0.4) is 0 Å². The lowest BCUT2D eigenvalue weighted by atomic mass is 9.52. The minimum atomic E-state index is -2.88. The SMILES string of the molecule is [2H]C([2H])([2H])c1ccc2c(n1)oc1c(-c3cc(C4CCC(C)(C5CCC(C6([2H])CC(C)(C)CC(C)(C)C6)CC5C([2H])([2H])[2H])CC4C([2H])([2H])[2H])c(C)cn3)cc(Oc3cc(-c4cc(C([2H])([2H])[2H])c(C([2H])([2H])[2H])cn4)cc(-c4ccccc4)c3C([2H])([2H])[2H])cc12. The normalized spacial score (nSPS) is 30.9. The first kappa shape index (κ1) is 29.0. The largest absolute Gasteiger partial charge is 0.457 e. The Labute approximate surface area is 433 Å². The van der Waals surface area contributed by atoms with Crippen LogP contribution >= 0.6 is 0 Å². The quantitative estimate of drug-likeness (QED) is 0.152. The third kappa shape index (κ3) is 8.93. The zero-order chi connectivity index (χ0) is 63.8. The second-order valence-electron chi connectivity index (χ2n) is 22.3. The number of hydrogen-bond acceptors (Lipinski definition) is 5. The van der Waals surface area contributed by atoms with Crippen LogP contribution in [0.1, 0.15) is 172 Å². The van der Waals surface area contributed by atoms with Crippen molar-refractivity contribution < 1.29 is 35.2 Å². The highest BCUT2D eigenvalue weighted by Gasteiger charge is 2.48. The van der Waals surface area contributed by atoms with Crippen molar-refractivity contribution in [3.05, 3.63) is 125 Å². The van der Waals surface area contributed by atoms with Crippen molar-refractivity contribution >= 4 is 22.1 Å². The molecule has 0 bridgehead atoms. The van der Waals surface area contributed by atoms with Crippen molar-refractivity contribution in [3.63, 3.8) is 0 Å². The van der Waals surface area contributed by atoms with Gasteiger partial charge in [0, 0.05) is 66.0 Å². The molecule has 6 atom stereocenters. The molecule has 3 aliphatic rings. The molecular weight excluding hydrogens is 831 g/mol. The number of nitrogens with zero attached hydrogens (tertiary/aromatic N) is 3. The Balaban J connectivity index is 1.09. The highest BCUT2D eigenvalue weighted by molar-refractivity contribution is 6.09. The number of furan rings is 1. The van der Waals surface area contributed by atoms with Crippen LogP contribution in [0.4, 0.5) is 0 Å². The molecule has 354 valence electrons. The summed E-state index contributed by atoms with van der Waals surface area (Å²) in [5.41, 5.74) is 0.904. The molecule has 0 N–H and O–H groups in total. The molecule has 4 heterocycles. The van der Waals surface area contributed by atoms with Crippen LogP contribution in [0.2, 0.25) is 0 Å². The van der Waals surface area contributed by atoms with Gasteiger partial charge in [-0.25, -0.2) is 4.98 Å². The molecule has 68 heavy (non-hydrogen) atoms. The summed E-state index contributed by atoms with van der Waals surface area (Å²) in [6, 6.07) is 20.6. The van der Waals surface area contributed by atoms with Gasteiger partial charge in [0.25, 0.3) is 0 Å². The van der Waals surface area contributed by atoms with Gasteiger partial charge < -0.3 is 9.15 Å². The van der Waals surface area contributed by atoms with Crippen LogP contribution in [0.5, 0.6) is 11.5 Å². The van der Waals surface area contributed by atoms with Gasteiger partial charge in [-0.05, 0) is 231 Å². The van der Waals surface area contributed by atoms with Crippen molar-refractivity contribution in [2.24, 2.45) is 45.8 Å². The van der Waals surface area contributed by atoms with E-state index in [1.807, 2.05) is 13.0 Å². The van der Waals surface area contributed by atoms with Crippen molar-refractivity contribution in [2.75, 3.05) is 0 Å². The maximum atomic E-state index is 9.98. The highest BCUT2D eigenvalue weighted by atomic mass is 16.5. The van der Waals surface area contributed by atoms with Crippen LogP contribution < -0.4 is 4.74 Å². The van der Waals surface area contributed by atoms with Crippen molar-refractivity contribution in [1.82, 2.24) is 15.0 Å². The van der Waals surface area contributed by atoms with E-state index in [9.17, 15) is 5.48 Å². The van der Waals surface area contributed by atoms with Crippen LogP contribution in [-0.4, -0.2) is 15.0 Å². The first-order chi connectivity index (χ1) is 39.9. The van der Waals surface area contributed by atoms with Crippen molar-refractivity contribution in [3.8, 4) is 45.1 Å². The topological polar surface area (TPSA) is 61.0 Å². The van der Waals surface area contributed by atoms with Crippen molar-refractivity contribution in [1.29, 1.82) is 0 Å². The van der Waals surface area contributed by atoms with Gasteiger partial charge in [-0.2, -0.15) is 0 Å². The van der Waals surface area contributed by atoms with E-state index in [0.29, 0.717) is 83.7 Å². The summed E-state index contributed by atoms with van der Waals surface area (Å²) >= 11 is 0. The molecule has 0 saturated heterocycles. The molecule has 6 unspecified atom stereocenters. The second-order valence-corrected chi connectivity index (χ2v) is 22.3. The molecule has 3 aromatic carbocycles. The minimum absolute atomic E-state index is 0.0192. The van der Waals surface area contributed by atoms with Gasteiger partial charge in [-0.1, -0.05) is 78.7 Å². The number of ether oxygens (including phenoxy) is 1. The molecular formula is C63H75N3O2. The molecule has 0 spiro atoms. The van der Waals surface area contributed by atoms with Gasteiger partial charge in [0.1, 0.15) is 17.1 Å². The van der Waals surface area contributed by atoms with E-state index < -0.39 is 81.3 Å². The lowest BCUT2D eigenvalue weighted by Crippen LogP contribution is -2.43. The summed E-state index contributed by atoms with van der Waals surface area (Å²) in [4.78, 5) is 13.8. The molecule has 10 rings (SSSR count). The van der Waals surface area contributed by atoms with Gasteiger partial charge in [0.2, 0.25) is 5.71 Å². The van der Waals surface area contributed by atoms with E-state index in [0.717, 1.165) is 18.7 Å². The summed E-state index contributed by atoms with van der Waals surface area (Å²) < 4.78 is 178. The Bertz CT molecular complexity index is 3730. The molecule has 4 aromatic heterocycles. The van der Waals surface area contributed by atoms with E-state index >= 15 is 0 Å². The monoisotopic (exact) mass is 925 g/mol. The van der Waals surface area contributed by atoms with Gasteiger partial charge in [-0.15, -0.1) is 0 Å². The summed E-state index contributed by atoms with van der Waals surface area (Å²) in [6.07, 6.45) is 7.91. The molecule has 0 radical (unpaired) electrons. The molecule has 0 aliphatic heterocycles. The summed E-state index contributed by atoms with van der Waals surface area (Å²) in [6.45, 7) is -3.15. The van der Waals surface area contributed by atoms with E-state index in [4.69, 9.17) is 34.7 Å². The van der Waals surface area contributed by atoms with Gasteiger partial charge in [-0.3, -0.25) is 9.97 Å². The molecule has 3 fully saturated rings. The molecule has 3 saturated carbocycles. The summed E-state index contributed by atoms with van der Waals surface area (Å²) in [5, 5.41) is 0.759. The summed E-state index contributed by atoms with van der Waals surface area (Å²) in [5.74, 6) is -3.49. The van der Waals surface area contributed by atoms with Crippen LogP contribution in [-0.2, 0) is 0 Å². The average molecular weight is 925 g/mol. The summed E-state index contributed by atoms with van der Waals surface area (Å²) in [7, 11) is 0. The maximum absolute atomic E-state index is 9.98. The molecule has 0 amide bonds. The number of pyridine rings is 3. The maximum Gasteiger partial charge on any atom is 0.227 e. The smallest absolute Gasteiger partial charge is 0.227 e. The van der Waals surface area contributed by atoms with Crippen molar-refractivity contribution in [2.45, 2.75) is 146 Å². The fourth-order valence-corrected chi connectivity index (χ4v) is 13.0. The number of benzene rings is 3. The third-order valence-electron chi connectivity index (χ3n) is 15.7. The first-order valence-corrected chi connectivity index (χ1v) is 24.2. The lowest BCUT2D eigenvalue weighted by molar-refractivity contribution is -0.0239. The number of fused-ring (bicyclic) bond motifs is 3. The predicted molar refractivity (Wildman–Crippen MR) is 282 cm³/mol. The van der Waals surface area contributed by atoms with E-state index in [2.05, 4.69) is 44.6 Å². The van der Waals surface area contributed by atoms with Crippen LogP contribution in [0.15, 0.2) is 95.7 Å². The van der Waals surface area contributed by atoms with Gasteiger partial charge in [0.15, 0.2) is 0 Å². The highest BCUT2D eigenvalue weighted by Crippen LogP contribution is 2.59. The molecule has 5 nitrogen and oxygen atoms in total. The van der Waals surface area contributed by atoms with Crippen LogP contribution in [0, 0.1) is 80.1 Å². The second kappa shape index (κ2) is 17.6. The zero-order valence-electron chi connectivity index (χ0n) is 59.1.